The van der Waals surface area contributed by atoms with Crippen molar-refractivity contribution in [1.82, 2.24) is 0 Å². The maximum Gasteiger partial charge on any atom is 0.491 e. The second kappa shape index (κ2) is 4.64. The van der Waals surface area contributed by atoms with Crippen LogP contribution in [-0.4, -0.2) is 29.3 Å². The van der Waals surface area contributed by atoms with Gasteiger partial charge in [0.05, 0.1) is 12.5 Å². The Morgan fingerprint density at radius 3 is 2.60 bits per heavy atom. The van der Waals surface area contributed by atoms with Crippen LogP contribution in [0.3, 0.4) is 0 Å². The molecule has 4 nitrogen and oxygen atoms in total. The molecule has 0 radical (unpaired) electrons. The molecular formula is C10H15BO4. The van der Waals surface area contributed by atoms with Crippen LogP contribution >= 0.6 is 0 Å². The van der Waals surface area contributed by atoms with Gasteiger partial charge in [-0.2, -0.15) is 0 Å². The Bertz CT molecular complexity index is 328. The number of aliphatic carboxylic acids is 1. The SMILES string of the molecule is CC=C1B(O)OC(CC(=O)O)C1=C(C)C. The van der Waals surface area contributed by atoms with Crippen molar-refractivity contribution in [3.05, 3.63) is 22.7 Å². The van der Waals surface area contributed by atoms with E-state index in [1.165, 1.54) is 0 Å². The van der Waals surface area contributed by atoms with Gasteiger partial charge in [-0.3, -0.25) is 4.79 Å². The first kappa shape index (κ1) is 12.0. The Hall–Kier alpha value is -1.07. The summed E-state index contributed by atoms with van der Waals surface area (Å²) in [6.07, 6.45) is 1.11. The van der Waals surface area contributed by atoms with Gasteiger partial charge in [0.2, 0.25) is 0 Å². The first-order valence-corrected chi connectivity index (χ1v) is 4.86. The average Bonchev–Trinajstić information content (AvgIpc) is 2.40. The summed E-state index contributed by atoms with van der Waals surface area (Å²) < 4.78 is 5.20. The summed E-state index contributed by atoms with van der Waals surface area (Å²) in [4.78, 5) is 10.6. The Morgan fingerprint density at radius 1 is 1.60 bits per heavy atom. The van der Waals surface area contributed by atoms with Gasteiger partial charge < -0.3 is 14.8 Å². The van der Waals surface area contributed by atoms with Crippen molar-refractivity contribution < 1.29 is 19.6 Å². The molecule has 2 N–H and O–H groups in total. The fourth-order valence-corrected chi connectivity index (χ4v) is 1.83. The van der Waals surface area contributed by atoms with Crippen LogP contribution in [0.1, 0.15) is 27.2 Å². The van der Waals surface area contributed by atoms with E-state index in [0.717, 1.165) is 11.1 Å². The van der Waals surface area contributed by atoms with Gasteiger partial charge in [0.25, 0.3) is 0 Å². The minimum Gasteiger partial charge on any atom is -0.481 e. The van der Waals surface area contributed by atoms with Crippen LogP contribution < -0.4 is 0 Å². The third-order valence-corrected chi connectivity index (χ3v) is 2.40. The molecule has 1 saturated heterocycles. The molecule has 0 saturated carbocycles. The van der Waals surface area contributed by atoms with Gasteiger partial charge in [-0.1, -0.05) is 11.6 Å². The van der Waals surface area contributed by atoms with Crippen LogP contribution in [-0.2, 0) is 9.45 Å². The molecule has 0 amide bonds. The maximum atomic E-state index is 10.6. The van der Waals surface area contributed by atoms with Crippen LogP contribution in [0.4, 0.5) is 0 Å². The molecule has 0 aromatic heterocycles. The quantitative estimate of drug-likeness (QED) is 0.671. The van der Waals surface area contributed by atoms with Crippen molar-refractivity contribution in [2.75, 3.05) is 0 Å². The molecule has 1 rings (SSSR count). The van der Waals surface area contributed by atoms with Gasteiger partial charge in [-0.15, -0.1) is 0 Å². The molecule has 1 fully saturated rings. The van der Waals surface area contributed by atoms with Crippen molar-refractivity contribution in [2.24, 2.45) is 0 Å². The molecule has 1 aliphatic rings. The topological polar surface area (TPSA) is 66.8 Å². The number of hydrogen-bond acceptors (Lipinski definition) is 3. The minimum absolute atomic E-state index is 0.116. The highest BCUT2D eigenvalue weighted by Crippen LogP contribution is 2.32. The lowest BCUT2D eigenvalue weighted by Gasteiger charge is -2.11. The summed E-state index contributed by atoms with van der Waals surface area (Å²) in [6.45, 7) is 5.57. The van der Waals surface area contributed by atoms with Crippen LogP contribution in [0.15, 0.2) is 22.7 Å². The van der Waals surface area contributed by atoms with Crippen LogP contribution in [0.25, 0.3) is 0 Å². The lowest BCUT2D eigenvalue weighted by atomic mass is 9.75. The van der Waals surface area contributed by atoms with E-state index in [1.807, 2.05) is 13.8 Å². The van der Waals surface area contributed by atoms with E-state index in [9.17, 15) is 9.82 Å². The molecule has 0 aliphatic carbocycles. The Balaban J connectivity index is 3.02. The highest BCUT2D eigenvalue weighted by atomic mass is 16.5. The number of hydrogen-bond donors (Lipinski definition) is 2. The van der Waals surface area contributed by atoms with E-state index < -0.39 is 19.2 Å². The zero-order valence-electron chi connectivity index (χ0n) is 9.15. The zero-order valence-corrected chi connectivity index (χ0v) is 9.15. The van der Waals surface area contributed by atoms with E-state index in [0.29, 0.717) is 5.47 Å². The van der Waals surface area contributed by atoms with Gasteiger partial charge in [0, 0.05) is 0 Å². The predicted octanol–water partition coefficient (Wildman–Crippen LogP) is 1.16. The molecular weight excluding hydrogens is 195 g/mol. The average molecular weight is 210 g/mol. The lowest BCUT2D eigenvalue weighted by Crippen LogP contribution is -2.18. The smallest absolute Gasteiger partial charge is 0.481 e. The first-order chi connectivity index (χ1) is 6.97. The van der Waals surface area contributed by atoms with E-state index in [-0.39, 0.29) is 6.42 Å². The Kier molecular flexibility index (Phi) is 3.71. The molecule has 0 bridgehead atoms. The molecule has 0 aromatic carbocycles. The number of allylic oxidation sites excluding steroid dienone is 2. The second-order valence-electron chi connectivity index (χ2n) is 3.73. The highest BCUT2D eigenvalue weighted by molar-refractivity contribution is 6.55. The fourth-order valence-electron chi connectivity index (χ4n) is 1.83. The molecule has 5 heteroatoms. The number of carbonyl (C=O) groups is 1. The van der Waals surface area contributed by atoms with Crippen molar-refractivity contribution in [3.63, 3.8) is 0 Å². The second-order valence-corrected chi connectivity index (χ2v) is 3.73. The molecule has 15 heavy (non-hydrogen) atoms. The van der Waals surface area contributed by atoms with Gasteiger partial charge in [0.15, 0.2) is 0 Å². The van der Waals surface area contributed by atoms with Crippen LogP contribution in [0.5, 0.6) is 0 Å². The monoisotopic (exact) mass is 210 g/mol. The van der Waals surface area contributed by atoms with Gasteiger partial charge in [0.1, 0.15) is 0 Å². The zero-order chi connectivity index (χ0) is 11.6. The number of carboxylic acids is 1. The van der Waals surface area contributed by atoms with Crippen molar-refractivity contribution >= 4 is 13.1 Å². The predicted molar refractivity (Wildman–Crippen MR) is 57.2 cm³/mol. The van der Waals surface area contributed by atoms with Gasteiger partial charge in [-0.25, -0.2) is 0 Å². The fraction of sp³-hybridized carbons (Fsp3) is 0.500. The van der Waals surface area contributed by atoms with E-state index in [4.69, 9.17) is 9.76 Å². The summed E-state index contributed by atoms with van der Waals surface area (Å²) >= 11 is 0. The summed E-state index contributed by atoms with van der Waals surface area (Å²) in [5.74, 6) is -0.927. The van der Waals surface area contributed by atoms with Crippen molar-refractivity contribution in [2.45, 2.75) is 33.3 Å². The summed E-state index contributed by atoms with van der Waals surface area (Å²) in [7, 11) is -0.996. The molecule has 1 unspecified atom stereocenters. The Morgan fingerprint density at radius 2 is 2.20 bits per heavy atom. The third-order valence-electron chi connectivity index (χ3n) is 2.40. The van der Waals surface area contributed by atoms with Gasteiger partial charge >= 0.3 is 13.1 Å². The first-order valence-electron chi connectivity index (χ1n) is 4.86. The molecule has 82 valence electrons. The number of carboxylic acid groups (broad SMARTS) is 1. The molecule has 1 heterocycles. The highest BCUT2D eigenvalue weighted by Gasteiger charge is 2.39. The van der Waals surface area contributed by atoms with E-state index in [2.05, 4.69) is 0 Å². The van der Waals surface area contributed by atoms with E-state index >= 15 is 0 Å². The van der Waals surface area contributed by atoms with E-state index in [1.54, 1.807) is 13.0 Å². The maximum absolute atomic E-state index is 10.6. The summed E-state index contributed by atoms with van der Waals surface area (Å²) in [5, 5.41) is 18.3. The standard InChI is InChI=1S/C10H15BO4/c1-4-7-10(6(2)3)8(5-9(12)13)15-11(7)14/h4,8,14H,5H2,1-3H3,(H,12,13). The molecule has 1 atom stereocenters. The normalized spacial score (nSPS) is 23.7. The number of rotatable bonds is 2. The summed E-state index contributed by atoms with van der Waals surface area (Å²) in [6, 6.07) is 0. The van der Waals surface area contributed by atoms with Crippen LogP contribution in [0, 0.1) is 0 Å². The van der Waals surface area contributed by atoms with Crippen LogP contribution in [0.2, 0.25) is 0 Å². The Labute approximate surface area is 89.4 Å². The molecule has 0 aromatic rings. The van der Waals surface area contributed by atoms with Crippen molar-refractivity contribution in [1.29, 1.82) is 0 Å². The largest absolute Gasteiger partial charge is 0.491 e. The molecule has 1 aliphatic heterocycles. The summed E-state index contributed by atoms with van der Waals surface area (Å²) in [5.41, 5.74) is 2.47. The van der Waals surface area contributed by atoms with Crippen molar-refractivity contribution in [3.8, 4) is 0 Å². The lowest BCUT2D eigenvalue weighted by molar-refractivity contribution is -0.138. The minimum atomic E-state index is -0.996. The molecule has 0 spiro atoms. The van der Waals surface area contributed by atoms with Gasteiger partial charge in [-0.05, 0) is 31.8 Å². The third kappa shape index (κ3) is 2.49.